The Balaban J connectivity index is 2.51. The zero-order valence-electron chi connectivity index (χ0n) is 8.28. The summed E-state index contributed by atoms with van der Waals surface area (Å²) in [5.41, 5.74) is 1.14. The molecule has 16 heavy (non-hydrogen) atoms. The van der Waals surface area contributed by atoms with E-state index in [1.807, 2.05) is 0 Å². The van der Waals surface area contributed by atoms with Crippen molar-refractivity contribution in [3.8, 4) is 5.69 Å². The molecule has 0 aliphatic heterocycles. The summed E-state index contributed by atoms with van der Waals surface area (Å²) in [4.78, 5) is 14.0. The highest BCUT2D eigenvalue weighted by Gasteiger charge is 2.10. The average molecular weight is 219 g/mol. The van der Waals surface area contributed by atoms with Crippen LogP contribution in [-0.2, 0) is 6.61 Å². The van der Waals surface area contributed by atoms with E-state index < -0.39 is 4.92 Å². The van der Waals surface area contributed by atoms with Crippen LogP contribution >= 0.6 is 0 Å². The lowest BCUT2D eigenvalue weighted by atomic mass is 10.1. The summed E-state index contributed by atoms with van der Waals surface area (Å²) in [5, 5.41) is 19.7. The summed E-state index contributed by atoms with van der Waals surface area (Å²) in [6.45, 7) is -0.255. The number of hydrogen-bond donors (Lipinski definition) is 1. The third-order valence-electron chi connectivity index (χ3n) is 2.23. The molecule has 0 atom stereocenters. The Morgan fingerprint density at radius 2 is 2.31 bits per heavy atom. The SMILES string of the molecule is O=[N+]([O-])c1ccc(-n2ccnc2)c(CO)c1. The molecular weight excluding hydrogens is 210 g/mol. The standard InChI is InChI=1S/C10H9N3O3/c14-6-8-5-9(13(15)16)1-2-10(8)12-4-3-11-7-12/h1-5,7,14H,6H2. The Labute approximate surface area is 90.9 Å². The first-order chi connectivity index (χ1) is 7.72. The molecule has 2 rings (SSSR count). The van der Waals surface area contributed by atoms with Gasteiger partial charge in [0.2, 0.25) is 0 Å². The summed E-state index contributed by atoms with van der Waals surface area (Å²) >= 11 is 0. The molecule has 6 heteroatoms. The number of non-ortho nitro benzene ring substituents is 1. The minimum atomic E-state index is -0.489. The minimum absolute atomic E-state index is 0.0343. The fraction of sp³-hybridized carbons (Fsp3) is 0.100. The monoisotopic (exact) mass is 219 g/mol. The smallest absolute Gasteiger partial charge is 0.269 e. The van der Waals surface area contributed by atoms with Gasteiger partial charge in [0.05, 0.1) is 23.5 Å². The Morgan fingerprint density at radius 1 is 1.50 bits per heavy atom. The molecule has 1 aromatic carbocycles. The summed E-state index contributed by atoms with van der Waals surface area (Å²) in [6.07, 6.45) is 4.88. The quantitative estimate of drug-likeness (QED) is 0.622. The molecule has 82 valence electrons. The van der Waals surface area contributed by atoms with Crippen molar-refractivity contribution in [2.75, 3.05) is 0 Å². The highest BCUT2D eigenvalue weighted by Crippen LogP contribution is 2.20. The van der Waals surface area contributed by atoms with E-state index in [0.717, 1.165) is 0 Å². The molecule has 0 amide bonds. The van der Waals surface area contributed by atoms with Gasteiger partial charge in [-0.25, -0.2) is 4.98 Å². The fourth-order valence-electron chi connectivity index (χ4n) is 1.47. The summed E-state index contributed by atoms with van der Waals surface area (Å²) < 4.78 is 1.69. The first-order valence-electron chi connectivity index (χ1n) is 4.59. The number of rotatable bonds is 3. The molecule has 1 aromatic heterocycles. The van der Waals surface area contributed by atoms with Gasteiger partial charge in [0.15, 0.2) is 0 Å². The number of aliphatic hydroxyl groups excluding tert-OH is 1. The normalized spacial score (nSPS) is 10.3. The molecule has 0 aliphatic carbocycles. The van der Waals surface area contributed by atoms with Crippen molar-refractivity contribution in [3.63, 3.8) is 0 Å². The van der Waals surface area contributed by atoms with E-state index in [4.69, 9.17) is 5.11 Å². The fourth-order valence-corrected chi connectivity index (χ4v) is 1.47. The van der Waals surface area contributed by atoms with Gasteiger partial charge in [0.25, 0.3) is 5.69 Å². The van der Waals surface area contributed by atoms with Crippen molar-refractivity contribution < 1.29 is 10.0 Å². The topological polar surface area (TPSA) is 81.2 Å². The van der Waals surface area contributed by atoms with Gasteiger partial charge in [-0.05, 0) is 6.07 Å². The number of nitrogens with zero attached hydrogens (tertiary/aromatic N) is 3. The second kappa shape index (κ2) is 4.11. The van der Waals surface area contributed by atoms with Crippen molar-refractivity contribution in [2.45, 2.75) is 6.61 Å². The van der Waals surface area contributed by atoms with Crippen molar-refractivity contribution in [1.29, 1.82) is 0 Å². The summed E-state index contributed by atoms with van der Waals surface area (Å²) in [5.74, 6) is 0. The van der Waals surface area contributed by atoms with Crippen LogP contribution in [0.5, 0.6) is 0 Å². The van der Waals surface area contributed by atoms with Crippen LogP contribution in [0.3, 0.4) is 0 Å². The van der Waals surface area contributed by atoms with Gasteiger partial charge in [-0.15, -0.1) is 0 Å². The molecule has 0 saturated heterocycles. The number of aliphatic hydroxyl groups is 1. The maximum Gasteiger partial charge on any atom is 0.269 e. The molecule has 1 heterocycles. The van der Waals surface area contributed by atoms with Crippen LogP contribution in [0.15, 0.2) is 36.9 Å². The van der Waals surface area contributed by atoms with Crippen LogP contribution in [0.25, 0.3) is 5.69 Å². The molecule has 2 aromatic rings. The van der Waals surface area contributed by atoms with Gasteiger partial charge < -0.3 is 9.67 Å². The first-order valence-corrected chi connectivity index (χ1v) is 4.59. The Hall–Kier alpha value is -2.21. The zero-order valence-corrected chi connectivity index (χ0v) is 8.28. The van der Waals surface area contributed by atoms with E-state index in [1.165, 1.54) is 12.1 Å². The highest BCUT2D eigenvalue weighted by molar-refractivity contribution is 5.48. The lowest BCUT2D eigenvalue weighted by Crippen LogP contribution is -1.99. The number of aromatic nitrogens is 2. The highest BCUT2D eigenvalue weighted by atomic mass is 16.6. The number of nitro benzene ring substituents is 1. The summed E-state index contributed by atoms with van der Waals surface area (Å²) in [7, 11) is 0. The van der Waals surface area contributed by atoms with Crippen molar-refractivity contribution in [2.24, 2.45) is 0 Å². The Bertz CT molecular complexity index is 508. The van der Waals surface area contributed by atoms with Gasteiger partial charge in [-0.3, -0.25) is 10.1 Å². The van der Waals surface area contributed by atoms with E-state index in [0.29, 0.717) is 11.3 Å². The molecular formula is C10H9N3O3. The predicted octanol–water partition coefficient (Wildman–Crippen LogP) is 1.27. The van der Waals surface area contributed by atoms with E-state index >= 15 is 0 Å². The Kier molecular flexibility index (Phi) is 2.65. The lowest BCUT2D eigenvalue weighted by Gasteiger charge is -2.07. The molecule has 0 fully saturated rings. The first kappa shape index (κ1) is 10.3. The molecule has 0 radical (unpaired) electrons. The maximum atomic E-state index is 10.6. The zero-order chi connectivity index (χ0) is 11.5. The van der Waals surface area contributed by atoms with E-state index in [-0.39, 0.29) is 12.3 Å². The van der Waals surface area contributed by atoms with E-state index in [9.17, 15) is 10.1 Å². The minimum Gasteiger partial charge on any atom is -0.392 e. The van der Waals surface area contributed by atoms with E-state index in [2.05, 4.69) is 4.98 Å². The van der Waals surface area contributed by atoms with Gasteiger partial charge >= 0.3 is 0 Å². The number of hydrogen-bond acceptors (Lipinski definition) is 4. The van der Waals surface area contributed by atoms with Crippen LogP contribution < -0.4 is 0 Å². The average Bonchev–Trinajstić information content (AvgIpc) is 2.81. The predicted molar refractivity (Wildman–Crippen MR) is 56.1 cm³/mol. The molecule has 0 bridgehead atoms. The molecule has 6 nitrogen and oxygen atoms in total. The second-order valence-electron chi connectivity index (χ2n) is 3.20. The van der Waals surface area contributed by atoms with Crippen molar-refractivity contribution in [1.82, 2.24) is 9.55 Å². The number of nitro groups is 1. The second-order valence-corrected chi connectivity index (χ2v) is 3.20. The van der Waals surface area contributed by atoms with Gasteiger partial charge in [0, 0.05) is 30.1 Å². The lowest BCUT2D eigenvalue weighted by molar-refractivity contribution is -0.384. The maximum absolute atomic E-state index is 10.6. The van der Waals surface area contributed by atoms with Crippen LogP contribution in [-0.4, -0.2) is 19.6 Å². The largest absolute Gasteiger partial charge is 0.392 e. The molecule has 0 spiro atoms. The van der Waals surface area contributed by atoms with Gasteiger partial charge in [0.1, 0.15) is 0 Å². The van der Waals surface area contributed by atoms with E-state index in [1.54, 1.807) is 29.4 Å². The molecule has 0 saturated carbocycles. The van der Waals surface area contributed by atoms with Crippen molar-refractivity contribution >= 4 is 5.69 Å². The van der Waals surface area contributed by atoms with Gasteiger partial charge in [-0.1, -0.05) is 0 Å². The van der Waals surface area contributed by atoms with Crippen molar-refractivity contribution in [3.05, 3.63) is 52.6 Å². The molecule has 0 unspecified atom stereocenters. The number of imidazole rings is 1. The number of benzene rings is 1. The Morgan fingerprint density at radius 3 is 2.88 bits per heavy atom. The summed E-state index contributed by atoms with van der Waals surface area (Å²) in [6, 6.07) is 4.34. The van der Waals surface area contributed by atoms with Crippen LogP contribution in [0, 0.1) is 10.1 Å². The van der Waals surface area contributed by atoms with Gasteiger partial charge in [-0.2, -0.15) is 0 Å². The molecule has 1 N–H and O–H groups in total. The molecule has 0 aliphatic rings. The van der Waals surface area contributed by atoms with Crippen LogP contribution in [0.1, 0.15) is 5.56 Å². The third-order valence-corrected chi connectivity index (χ3v) is 2.23. The third kappa shape index (κ3) is 1.78. The van der Waals surface area contributed by atoms with Crippen LogP contribution in [0.4, 0.5) is 5.69 Å². The van der Waals surface area contributed by atoms with Crippen LogP contribution in [0.2, 0.25) is 0 Å².